The number of unbranched alkanes of at least 4 members (excludes halogenated alkanes) is 2. The first-order chi connectivity index (χ1) is 15.7. The van der Waals surface area contributed by atoms with E-state index < -0.39 is 7.28 Å². The van der Waals surface area contributed by atoms with Crippen molar-refractivity contribution in [3.63, 3.8) is 0 Å². The van der Waals surface area contributed by atoms with Gasteiger partial charge in [0.25, 0.3) is 0 Å². The van der Waals surface area contributed by atoms with Gasteiger partial charge in [0.05, 0.1) is 0 Å². The topological polar surface area (TPSA) is 38.7 Å². The molecule has 0 aliphatic rings. The number of hydrogen-bond acceptors (Lipinski definition) is 3. The van der Waals surface area contributed by atoms with E-state index in [9.17, 15) is 4.89 Å². The second kappa shape index (κ2) is 10.8. The minimum absolute atomic E-state index is 0.432. The van der Waals surface area contributed by atoms with Gasteiger partial charge in [-0.2, -0.15) is 0 Å². The fraction of sp³-hybridized carbons (Fsp3) is 0.379. The summed E-state index contributed by atoms with van der Waals surface area (Å²) in [5, 5.41) is 1.45. The van der Waals surface area contributed by atoms with E-state index in [1.807, 2.05) is 93.6 Å². The van der Waals surface area contributed by atoms with E-state index in [0.717, 1.165) is 46.6 Å². The summed E-state index contributed by atoms with van der Waals surface area (Å²) in [4.78, 5) is 13.0. The molecule has 3 aromatic carbocycles. The van der Waals surface area contributed by atoms with Crippen molar-refractivity contribution in [1.82, 2.24) is 0 Å². The molecular formula is C29H39O3P. The second-order valence-corrected chi connectivity index (χ2v) is 12.7. The molecule has 3 aromatic rings. The van der Waals surface area contributed by atoms with Gasteiger partial charge in [0, 0.05) is 0 Å². The fourth-order valence-corrected chi connectivity index (χ4v) is 8.23. The van der Waals surface area contributed by atoms with Crippen LogP contribution in [0.3, 0.4) is 0 Å². The van der Waals surface area contributed by atoms with Crippen molar-refractivity contribution in [1.29, 1.82) is 0 Å². The van der Waals surface area contributed by atoms with Crippen LogP contribution in [0.25, 0.3) is 0 Å². The molecule has 0 saturated heterocycles. The van der Waals surface area contributed by atoms with Gasteiger partial charge in [0.15, 0.2) is 0 Å². The van der Waals surface area contributed by atoms with Crippen molar-refractivity contribution in [3.8, 4) is 5.75 Å². The number of rotatable bonds is 11. The molecular weight excluding hydrogens is 427 g/mol. The molecule has 0 unspecified atom stereocenters. The van der Waals surface area contributed by atoms with Gasteiger partial charge in [-0.15, -0.1) is 0 Å². The zero-order valence-electron chi connectivity index (χ0n) is 20.8. The van der Waals surface area contributed by atoms with Crippen molar-refractivity contribution in [2.75, 3.05) is 6.61 Å². The predicted molar refractivity (Wildman–Crippen MR) is 142 cm³/mol. The maximum absolute atomic E-state index is 13.0. The van der Waals surface area contributed by atoms with Crippen LogP contribution < -0.4 is 15.1 Å². The molecule has 0 saturated carbocycles. The molecule has 3 nitrogen and oxygen atoms in total. The summed E-state index contributed by atoms with van der Waals surface area (Å²) in [6, 6.07) is 23.6. The van der Waals surface area contributed by atoms with Crippen LogP contribution >= 0.6 is 7.28 Å². The van der Waals surface area contributed by atoms with Crippen molar-refractivity contribution in [3.05, 3.63) is 89.5 Å². The van der Waals surface area contributed by atoms with Gasteiger partial charge < -0.3 is 0 Å². The van der Waals surface area contributed by atoms with E-state index in [-0.39, 0.29) is 0 Å². The van der Waals surface area contributed by atoms with Crippen molar-refractivity contribution < 1.29 is 13.9 Å². The van der Waals surface area contributed by atoms with Crippen LogP contribution in [-0.4, -0.2) is 11.5 Å². The number of para-hydroxylation sites is 1. The summed E-state index contributed by atoms with van der Waals surface area (Å²) in [6.07, 6.45) is 4.31. The average molecular weight is 467 g/mol. The molecule has 0 fully saturated rings. The van der Waals surface area contributed by atoms with Crippen LogP contribution in [0.2, 0.25) is 0 Å². The van der Waals surface area contributed by atoms with Gasteiger partial charge in [-0.3, -0.25) is 0 Å². The van der Waals surface area contributed by atoms with Crippen LogP contribution in [0, 0.1) is 26.7 Å². The van der Waals surface area contributed by atoms with E-state index in [1.54, 1.807) is 0 Å². The van der Waals surface area contributed by atoms with Crippen LogP contribution in [-0.2, 0) is 4.52 Å². The van der Waals surface area contributed by atoms with Gasteiger partial charge in [-0.25, -0.2) is 0 Å². The fourth-order valence-electron chi connectivity index (χ4n) is 4.31. The summed E-state index contributed by atoms with van der Waals surface area (Å²) < 4.78 is 13.4. The normalized spacial score (nSPS) is 13.0. The van der Waals surface area contributed by atoms with E-state index in [1.165, 1.54) is 6.42 Å². The molecule has 1 N–H and O–H groups in total. The van der Waals surface area contributed by atoms with Crippen LogP contribution in [0.5, 0.6) is 5.75 Å². The summed E-state index contributed by atoms with van der Waals surface area (Å²) in [7, 11) is -4.51. The Morgan fingerprint density at radius 1 is 0.697 bits per heavy atom. The Kier molecular flexibility index (Phi) is 8.34. The average Bonchev–Trinajstić information content (AvgIpc) is 2.78. The standard InChI is InChI=1S/C29H39O3P/c1-23(2)15-7-6-14-22-31-33(30,28-20-12-9-17-25(28)4,29-21-13-10-18-26(29)5)32-27-19-11-8-16-24(27)3/h8-13,16-21,23,30H,6-7,14-15,22H2,1-5H3. The van der Waals surface area contributed by atoms with Gasteiger partial charge >= 0.3 is 200 Å². The van der Waals surface area contributed by atoms with Crippen LogP contribution in [0.4, 0.5) is 0 Å². The molecule has 0 amide bonds. The third kappa shape index (κ3) is 5.66. The summed E-state index contributed by atoms with van der Waals surface area (Å²) in [5.41, 5.74) is 2.87. The van der Waals surface area contributed by atoms with Crippen molar-refractivity contribution in [2.24, 2.45) is 5.92 Å². The Morgan fingerprint density at radius 3 is 1.73 bits per heavy atom. The van der Waals surface area contributed by atoms with Crippen LogP contribution in [0.15, 0.2) is 72.8 Å². The number of hydrogen-bond donors (Lipinski definition) is 1. The Labute approximate surface area is 200 Å². The van der Waals surface area contributed by atoms with Crippen molar-refractivity contribution in [2.45, 2.75) is 60.3 Å². The van der Waals surface area contributed by atoms with Gasteiger partial charge in [-0.05, 0) is 0 Å². The zero-order chi connectivity index (χ0) is 23.9. The molecule has 0 spiro atoms. The van der Waals surface area contributed by atoms with E-state index in [0.29, 0.717) is 18.3 Å². The molecule has 0 radical (unpaired) electrons. The van der Waals surface area contributed by atoms with E-state index >= 15 is 0 Å². The molecule has 0 aliphatic heterocycles. The van der Waals surface area contributed by atoms with Crippen LogP contribution in [0.1, 0.15) is 56.2 Å². The third-order valence-corrected chi connectivity index (χ3v) is 10.1. The minimum atomic E-state index is -4.51. The summed E-state index contributed by atoms with van der Waals surface area (Å²) in [5.74, 6) is 1.34. The van der Waals surface area contributed by atoms with E-state index in [4.69, 9.17) is 9.05 Å². The molecule has 3 rings (SSSR count). The molecule has 33 heavy (non-hydrogen) atoms. The zero-order valence-corrected chi connectivity index (χ0v) is 21.6. The Bertz CT molecular complexity index is 1010. The van der Waals surface area contributed by atoms with Gasteiger partial charge in [0.2, 0.25) is 0 Å². The van der Waals surface area contributed by atoms with Crippen molar-refractivity contribution >= 4 is 17.9 Å². The molecule has 178 valence electrons. The van der Waals surface area contributed by atoms with Gasteiger partial charge in [0.1, 0.15) is 0 Å². The first-order valence-electron chi connectivity index (χ1n) is 12.1. The Hall–Kier alpha value is -2.19. The summed E-state index contributed by atoms with van der Waals surface area (Å²) >= 11 is 0. The number of aryl methyl sites for hydroxylation is 3. The molecule has 4 heteroatoms. The summed E-state index contributed by atoms with van der Waals surface area (Å²) in [6.45, 7) is 11.0. The van der Waals surface area contributed by atoms with E-state index in [2.05, 4.69) is 13.8 Å². The molecule has 0 heterocycles. The predicted octanol–water partition coefficient (Wildman–Crippen LogP) is 7.17. The quantitative estimate of drug-likeness (QED) is 0.241. The molecule has 0 atom stereocenters. The molecule has 0 bridgehead atoms. The Morgan fingerprint density at radius 2 is 1.21 bits per heavy atom. The number of benzene rings is 3. The third-order valence-electron chi connectivity index (χ3n) is 6.20. The SMILES string of the molecule is Cc1ccccc1OP(O)(OCCCCCC(C)C)(c1ccccc1C)c1ccccc1C. The maximum atomic E-state index is 13.0. The first-order valence-corrected chi connectivity index (χ1v) is 14.1. The molecule has 0 aromatic heterocycles. The Balaban J connectivity index is 2.12. The van der Waals surface area contributed by atoms with Gasteiger partial charge in [-0.1, -0.05) is 0 Å². The first kappa shape index (κ1) is 25.4. The monoisotopic (exact) mass is 466 g/mol. The molecule has 0 aliphatic carbocycles. The second-order valence-electron chi connectivity index (χ2n) is 9.42.